The van der Waals surface area contributed by atoms with Crippen LogP contribution in [0.2, 0.25) is 0 Å². The van der Waals surface area contributed by atoms with Crippen LogP contribution in [0.1, 0.15) is 26.7 Å². The number of aliphatic hydroxyl groups is 1. The fourth-order valence-electron chi connectivity index (χ4n) is 2.92. The van der Waals surface area contributed by atoms with Crippen LogP contribution < -0.4 is 10.2 Å². The lowest BCUT2D eigenvalue weighted by Gasteiger charge is -2.23. The second-order valence-electron chi connectivity index (χ2n) is 5.89. The van der Waals surface area contributed by atoms with Gasteiger partial charge in [-0.2, -0.15) is 0 Å². The summed E-state index contributed by atoms with van der Waals surface area (Å²) in [6.07, 6.45) is 1.64. The molecule has 1 aliphatic rings. The van der Waals surface area contributed by atoms with Crippen LogP contribution >= 0.6 is 24.0 Å². The highest BCUT2D eigenvalue weighted by Crippen LogP contribution is 2.13. The van der Waals surface area contributed by atoms with Crippen LogP contribution in [0.5, 0.6) is 0 Å². The topological polar surface area (TPSA) is 51.1 Å². The lowest BCUT2D eigenvalue weighted by Crippen LogP contribution is -2.40. The molecule has 0 amide bonds. The first kappa shape index (κ1) is 21.0. The Bertz CT molecular complexity index is 483. The van der Waals surface area contributed by atoms with Crippen molar-refractivity contribution in [3.63, 3.8) is 0 Å². The van der Waals surface area contributed by atoms with E-state index in [1.165, 1.54) is 5.69 Å². The molecule has 0 aliphatic carbocycles. The Kier molecular flexibility index (Phi) is 10.1. The largest absolute Gasteiger partial charge is 0.391 e. The molecule has 0 bridgehead atoms. The molecule has 0 spiro atoms. The van der Waals surface area contributed by atoms with Crippen LogP contribution in [0.3, 0.4) is 0 Å². The van der Waals surface area contributed by atoms with E-state index in [1.54, 1.807) is 0 Å². The smallest absolute Gasteiger partial charge is 0.194 e. The molecule has 2 N–H and O–H groups in total. The van der Waals surface area contributed by atoms with E-state index >= 15 is 0 Å². The monoisotopic (exact) mass is 446 g/mol. The SMILES string of the molecule is CCNC(=NCCCN(CC)c1ccccc1)N1CC[C@@H](O)C1.I. The van der Waals surface area contributed by atoms with Gasteiger partial charge in [0.15, 0.2) is 5.96 Å². The third-order valence-corrected chi connectivity index (χ3v) is 4.15. The molecular weight excluding hydrogens is 415 g/mol. The molecule has 1 aliphatic heterocycles. The number of likely N-dealkylation sites (tertiary alicyclic amines) is 1. The van der Waals surface area contributed by atoms with Gasteiger partial charge < -0.3 is 20.2 Å². The maximum atomic E-state index is 9.69. The number of para-hydroxylation sites is 1. The standard InChI is InChI=1S/C18H30N4O.HI/c1-3-19-18(22-14-11-17(23)15-22)20-12-8-13-21(4-2)16-9-6-5-7-10-16;/h5-7,9-10,17,23H,3-4,8,11-15H2,1-2H3,(H,19,20);1H/t17-;/m1./s1. The molecule has 1 heterocycles. The van der Waals surface area contributed by atoms with Crippen LogP contribution in [0.25, 0.3) is 0 Å². The minimum Gasteiger partial charge on any atom is -0.391 e. The van der Waals surface area contributed by atoms with Crippen LogP contribution in [-0.2, 0) is 0 Å². The van der Waals surface area contributed by atoms with Gasteiger partial charge in [-0.1, -0.05) is 18.2 Å². The number of hydrogen-bond acceptors (Lipinski definition) is 3. The van der Waals surface area contributed by atoms with Crippen LogP contribution in [0.4, 0.5) is 5.69 Å². The highest BCUT2D eigenvalue weighted by molar-refractivity contribution is 14.0. The first-order valence-electron chi connectivity index (χ1n) is 8.76. The third kappa shape index (κ3) is 6.47. The maximum absolute atomic E-state index is 9.69. The fourth-order valence-corrected chi connectivity index (χ4v) is 2.92. The predicted molar refractivity (Wildman–Crippen MR) is 113 cm³/mol. The first-order chi connectivity index (χ1) is 11.2. The second-order valence-corrected chi connectivity index (χ2v) is 5.89. The quantitative estimate of drug-likeness (QED) is 0.293. The zero-order chi connectivity index (χ0) is 16.5. The number of nitrogens with zero attached hydrogens (tertiary/aromatic N) is 3. The summed E-state index contributed by atoms with van der Waals surface area (Å²) in [5.74, 6) is 0.937. The van der Waals surface area contributed by atoms with Crippen molar-refractivity contribution in [3.05, 3.63) is 30.3 Å². The van der Waals surface area contributed by atoms with E-state index in [0.717, 1.165) is 51.5 Å². The molecule has 1 aromatic carbocycles. The Balaban J connectivity index is 0.00000288. The van der Waals surface area contributed by atoms with Crippen molar-refractivity contribution in [1.82, 2.24) is 10.2 Å². The Morgan fingerprint density at radius 1 is 1.33 bits per heavy atom. The Hall–Kier alpha value is -1.02. The van der Waals surface area contributed by atoms with Crippen molar-refractivity contribution in [1.29, 1.82) is 0 Å². The molecular formula is C18H31IN4O. The minimum absolute atomic E-state index is 0. The minimum atomic E-state index is -0.215. The molecule has 6 heteroatoms. The number of rotatable bonds is 7. The highest BCUT2D eigenvalue weighted by atomic mass is 127. The van der Waals surface area contributed by atoms with E-state index in [9.17, 15) is 5.11 Å². The summed E-state index contributed by atoms with van der Waals surface area (Å²) in [6.45, 7) is 9.52. The Morgan fingerprint density at radius 3 is 2.67 bits per heavy atom. The fraction of sp³-hybridized carbons (Fsp3) is 0.611. The lowest BCUT2D eigenvalue weighted by atomic mass is 10.2. The molecule has 1 aromatic rings. The molecule has 24 heavy (non-hydrogen) atoms. The molecule has 1 saturated heterocycles. The molecule has 136 valence electrons. The van der Waals surface area contributed by atoms with Gasteiger partial charge in [0, 0.05) is 45.0 Å². The summed E-state index contributed by atoms with van der Waals surface area (Å²) in [6, 6.07) is 10.5. The molecule has 1 fully saturated rings. The number of anilines is 1. The first-order valence-corrected chi connectivity index (χ1v) is 8.76. The molecule has 5 nitrogen and oxygen atoms in total. The second kappa shape index (κ2) is 11.5. The van der Waals surface area contributed by atoms with Crippen LogP contribution in [0.15, 0.2) is 35.3 Å². The van der Waals surface area contributed by atoms with Gasteiger partial charge >= 0.3 is 0 Å². The number of β-amino-alcohol motifs (C(OH)–C–C–N with tert-alkyl or cyclic N) is 1. The number of aliphatic imine (C=N–C) groups is 1. The van der Waals surface area contributed by atoms with Crippen molar-refractivity contribution < 1.29 is 5.11 Å². The summed E-state index contributed by atoms with van der Waals surface area (Å²) in [7, 11) is 0. The molecule has 0 unspecified atom stereocenters. The van der Waals surface area contributed by atoms with E-state index in [1.807, 2.05) is 0 Å². The van der Waals surface area contributed by atoms with Gasteiger partial charge in [-0.05, 0) is 38.8 Å². The van der Waals surface area contributed by atoms with Crippen LogP contribution in [-0.4, -0.2) is 61.3 Å². The van der Waals surface area contributed by atoms with Gasteiger partial charge in [-0.25, -0.2) is 0 Å². The summed E-state index contributed by atoms with van der Waals surface area (Å²) in [4.78, 5) is 9.26. The van der Waals surface area contributed by atoms with E-state index in [2.05, 4.69) is 59.3 Å². The number of hydrogen-bond donors (Lipinski definition) is 2. The van der Waals surface area contributed by atoms with Gasteiger partial charge in [0.05, 0.1) is 6.10 Å². The molecule has 2 rings (SSSR count). The normalized spacial score (nSPS) is 17.5. The number of benzene rings is 1. The van der Waals surface area contributed by atoms with Crippen molar-refractivity contribution in [2.75, 3.05) is 44.2 Å². The van der Waals surface area contributed by atoms with E-state index in [4.69, 9.17) is 4.99 Å². The van der Waals surface area contributed by atoms with Gasteiger partial charge in [-0.15, -0.1) is 24.0 Å². The van der Waals surface area contributed by atoms with Crippen molar-refractivity contribution in [2.24, 2.45) is 4.99 Å². The molecule has 1 atom stereocenters. The van der Waals surface area contributed by atoms with Crippen molar-refractivity contribution in [2.45, 2.75) is 32.8 Å². The van der Waals surface area contributed by atoms with Gasteiger partial charge in [0.25, 0.3) is 0 Å². The average Bonchev–Trinajstić information content (AvgIpc) is 3.01. The van der Waals surface area contributed by atoms with Gasteiger partial charge in [0.2, 0.25) is 0 Å². The summed E-state index contributed by atoms with van der Waals surface area (Å²) >= 11 is 0. The van der Waals surface area contributed by atoms with Crippen molar-refractivity contribution in [3.8, 4) is 0 Å². The average molecular weight is 446 g/mol. The lowest BCUT2D eigenvalue weighted by molar-refractivity contribution is 0.188. The molecule has 0 radical (unpaired) electrons. The van der Waals surface area contributed by atoms with Crippen LogP contribution in [0, 0.1) is 0 Å². The van der Waals surface area contributed by atoms with Crippen molar-refractivity contribution >= 4 is 35.6 Å². The maximum Gasteiger partial charge on any atom is 0.194 e. The van der Waals surface area contributed by atoms with Gasteiger partial charge in [-0.3, -0.25) is 4.99 Å². The van der Waals surface area contributed by atoms with Gasteiger partial charge in [0.1, 0.15) is 0 Å². The van der Waals surface area contributed by atoms with E-state index in [-0.39, 0.29) is 30.1 Å². The number of guanidine groups is 1. The Labute approximate surface area is 163 Å². The predicted octanol–water partition coefficient (Wildman–Crippen LogP) is 2.55. The zero-order valence-electron chi connectivity index (χ0n) is 14.8. The molecule has 0 saturated carbocycles. The summed E-state index contributed by atoms with van der Waals surface area (Å²) in [5.41, 5.74) is 1.27. The Morgan fingerprint density at radius 2 is 2.08 bits per heavy atom. The molecule has 0 aromatic heterocycles. The third-order valence-electron chi connectivity index (χ3n) is 4.15. The number of halogens is 1. The number of nitrogens with one attached hydrogen (secondary N) is 1. The summed E-state index contributed by atoms with van der Waals surface area (Å²) < 4.78 is 0. The highest BCUT2D eigenvalue weighted by Gasteiger charge is 2.22. The number of aliphatic hydroxyl groups excluding tert-OH is 1. The van der Waals surface area contributed by atoms with E-state index < -0.39 is 0 Å². The van der Waals surface area contributed by atoms with E-state index in [0.29, 0.717) is 6.54 Å². The zero-order valence-corrected chi connectivity index (χ0v) is 17.1. The summed E-state index contributed by atoms with van der Waals surface area (Å²) in [5, 5.41) is 13.0.